The number of rotatable bonds is 3. The summed E-state index contributed by atoms with van der Waals surface area (Å²) >= 11 is 5.85. The largest absolute Gasteiger partial charge is 0.322 e. The molecule has 2 aromatic heterocycles. The maximum atomic E-state index is 12.3. The predicted molar refractivity (Wildman–Crippen MR) is 97.8 cm³/mol. The van der Waals surface area contributed by atoms with Crippen LogP contribution in [0, 0.1) is 0 Å². The molecule has 0 fully saturated rings. The van der Waals surface area contributed by atoms with Crippen molar-refractivity contribution < 1.29 is 4.79 Å². The third kappa shape index (κ3) is 3.22. The molecule has 0 saturated heterocycles. The monoisotopic (exact) mass is 348 g/mol. The molecule has 0 aliphatic heterocycles. The number of carbonyl (C=O) groups excluding carboxylic acids is 1. The summed E-state index contributed by atoms with van der Waals surface area (Å²) in [4.78, 5) is 21.0. The highest BCUT2D eigenvalue weighted by Gasteiger charge is 2.09. The van der Waals surface area contributed by atoms with E-state index in [9.17, 15) is 4.79 Å². The van der Waals surface area contributed by atoms with Crippen LogP contribution in [0.2, 0.25) is 5.02 Å². The number of nitrogens with zero attached hydrogens (tertiary/aromatic N) is 3. The minimum Gasteiger partial charge on any atom is -0.322 e. The first-order chi connectivity index (χ1) is 12.2. The number of hydrogen-bond acceptors (Lipinski definition) is 3. The lowest BCUT2D eigenvalue weighted by molar-refractivity contribution is 0.102. The molecule has 1 N–H and O–H groups in total. The Morgan fingerprint density at radius 1 is 1.08 bits per heavy atom. The fraction of sp³-hybridized carbons (Fsp3) is 0. The summed E-state index contributed by atoms with van der Waals surface area (Å²) in [5, 5.41) is 3.49. The van der Waals surface area contributed by atoms with Crippen LogP contribution in [0.3, 0.4) is 0 Å². The lowest BCUT2D eigenvalue weighted by Crippen LogP contribution is -2.11. The number of aromatic nitrogens is 3. The molecule has 2 heterocycles. The van der Waals surface area contributed by atoms with Crippen molar-refractivity contribution >= 4 is 29.0 Å². The lowest BCUT2D eigenvalue weighted by atomic mass is 10.1. The van der Waals surface area contributed by atoms with Crippen molar-refractivity contribution in [2.75, 3.05) is 5.32 Å². The van der Waals surface area contributed by atoms with Crippen LogP contribution >= 0.6 is 11.6 Å². The first kappa shape index (κ1) is 15.4. The molecule has 0 atom stereocenters. The molecule has 4 aromatic rings. The van der Waals surface area contributed by atoms with Crippen LogP contribution in [-0.4, -0.2) is 20.3 Å². The van der Waals surface area contributed by atoms with Gasteiger partial charge in [-0.05, 0) is 42.5 Å². The number of imidazole rings is 1. The van der Waals surface area contributed by atoms with Crippen LogP contribution in [0.4, 0.5) is 5.69 Å². The predicted octanol–water partition coefficient (Wildman–Crippen LogP) is 4.30. The number of halogens is 1. The van der Waals surface area contributed by atoms with Gasteiger partial charge in [0.05, 0.1) is 5.69 Å². The third-order valence-corrected chi connectivity index (χ3v) is 4.01. The number of hydrogen-bond donors (Lipinski definition) is 1. The highest BCUT2D eigenvalue weighted by Crippen LogP contribution is 2.22. The molecule has 0 bridgehead atoms. The molecule has 0 aliphatic rings. The average Bonchev–Trinajstić information content (AvgIpc) is 3.07. The van der Waals surface area contributed by atoms with Gasteiger partial charge in [0.1, 0.15) is 0 Å². The maximum absolute atomic E-state index is 12.3. The van der Waals surface area contributed by atoms with Gasteiger partial charge in [-0.3, -0.25) is 9.20 Å². The zero-order chi connectivity index (χ0) is 17.2. The van der Waals surface area contributed by atoms with E-state index >= 15 is 0 Å². The molecule has 0 spiro atoms. The Kier molecular flexibility index (Phi) is 3.91. The van der Waals surface area contributed by atoms with Crippen LogP contribution in [0.5, 0.6) is 0 Å². The molecule has 2 aromatic carbocycles. The summed E-state index contributed by atoms with van der Waals surface area (Å²) in [5.41, 5.74) is 2.94. The van der Waals surface area contributed by atoms with Gasteiger partial charge in [0, 0.05) is 40.4 Å². The minimum absolute atomic E-state index is 0.189. The molecule has 0 radical (unpaired) electrons. The zero-order valence-corrected chi connectivity index (χ0v) is 13.8. The Bertz CT molecular complexity index is 1020. The van der Waals surface area contributed by atoms with Gasteiger partial charge >= 0.3 is 0 Å². The Morgan fingerprint density at radius 2 is 1.92 bits per heavy atom. The number of fused-ring (bicyclic) bond motifs is 1. The highest BCUT2D eigenvalue weighted by atomic mass is 35.5. The van der Waals surface area contributed by atoms with Crippen molar-refractivity contribution in [1.29, 1.82) is 0 Å². The van der Waals surface area contributed by atoms with Crippen LogP contribution in [0.25, 0.3) is 17.0 Å². The van der Waals surface area contributed by atoms with Crippen molar-refractivity contribution in [3.05, 3.63) is 83.8 Å². The summed E-state index contributed by atoms with van der Waals surface area (Å²) < 4.78 is 1.86. The van der Waals surface area contributed by atoms with E-state index in [-0.39, 0.29) is 5.91 Å². The number of benzene rings is 2. The van der Waals surface area contributed by atoms with E-state index < -0.39 is 0 Å². The molecule has 122 valence electrons. The number of nitrogens with one attached hydrogen (secondary N) is 1. The second kappa shape index (κ2) is 6.37. The first-order valence-electron chi connectivity index (χ1n) is 7.66. The van der Waals surface area contributed by atoms with E-state index in [4.69, 9.17) is 11.6 Å². The highest BCUT2D eigenvalue weighted by molar-refractivity contribution is 6.30. The number of amides is 1. The molecule has 5 nitrogen and oxygen atoms in total. The van der Waals surface area contributed by atoms with Crippen LogP contribution in [0.15, 0.2) is 73.2 Å². The molecule has 25 heavy (non-hydrogen) atoms. The van der Waals surface area contributed by atoms with E-state index in [1.54, 1.807) is 30.5 Å². The topological polar surface area (TPSA) is 59.3 Å². The van der Waals surface area contributed by atoms with Crippen molar-refractivity contribution in [3.63, 3.8) is 0 Å². The molecular formula is C19H13ClN4O. The maximum Gasteiger partial charge on any atom is 0.255 e. The van der Waals surface area contributed by atoms with Gasteiger partial charge in [0.15, 0.2) is 0 Å². The first-order valence-corrected chi connectivity index (χ1v) is 8.04. The van der Waals surface area contributed by atoms with Gasteiger partial charge in [0.2, 0.25) is 5.78 Å². The summed E-state index contributed by atoms with van der Waals surface area (Å²) in [6.45, 7) is 0. The third-order valence-electron chi connectivity index (χ3n) is 3.76. The minimum atomic E-state index is -0.189. The molecule has 0 aliphatic carbocycles. The van der Waals surface area contributed by atoms with Crippen LogP contribution in [-0.2, 0) is 0 Å². The van der Waals surface area contributed by atoms with Crippen LogP contribution in [0.1, 0.15) is 10.4 Å². The fourth-order valence-electron chi connectivity index (χ4n) is 2.53. The normalized spacial score (nSPS) is 10.8. The molecule has 4 rings (SSSR count). The summed E-state index contributed by atoms with van der Waals surface area (Å²) in [7, 11) is 0. The van der Waals surface area contributed by atoms with Crippen molar-refractivity contribution in [3.8, 4) is 11.3 Å². The van der Waals surface area contributed by atoms with E-state index in [2.05, 4.69) is 15.3 Å². The zero-order valence-electron chi connectivity index (χ0n) is 13.1. The quantitative estimate of drug-likeness (QED) is 0.600. The van der Waals surface area contributed by atoms with Gasteiger partial charge in [-0.25, -0.2) is 9.97 Å². The molecule has 1 amide bonds. The van der Waals surface area contributed by atoms with Crippen molar-refractivity contribution in [2.24, 2.45) is 0 Å². The van der Waals surface area contributed by atoms with E-state index in [1.165, 1.54) is 0 Å². The Morgan fingerprint density at radius 3 is 2.72 bits per heavy atom. The fourth-order valence-corrected chi connectivity index (χ4v) is 2.66. The molecule has 0 unspecified atom stereocenters. The second-order valence-corrected chi connectivity index (χ2v) is 5.93. The smallest absolute Gasteiger partial charge is 0.255 e. The number of anilines is 1. The van der Waals surface area contributed by atoms with Crippen molar-refractivity contribution in [1.82, 2.24) is 14.4 Å². The Hall–Kier alpha value is -3.18. The van der Waals surface area contributed by atoms with Gasteiger partial charge in [-0.2, -0.15) is 0 Å². The van der Waals surface area contributed by atoms with Gasteiger partial charge in [0.25, 0.3) is 5.91 Å². The second-order valence-electron chi connectivity index (χ2n) is 5.49. The van der Waals surface area contributed by atoms with E-state index in [0.29, 0.717) is 22.1 Å². The van der Waals surface area contributed by atoms with Crippen molar-refractivity contribution in [2.45, 2.75) is 0 Å². The summed E-state index contributed by atoms with van der Waals surface area (Å²) in [6.07, 6.45) is 5.50. The van der Waals surface area contributed by atoms with E-state index in [0.717, 1.165) is 11.3 Å². The van der Waals surface area contributed by atoms with Gasteiger partial charge < -0.3 is 5.32 Å². The van der Waals surface area contributed by atoms with Gasteiger partial charge in [-0.15, -0.1) is 0 Å². The molecular weight excluding hydrogens is 336 g/mol. The van der Waals surface area contributed by atoms with Gasteiger partial charge in [-0.1, -0.05) is 23.7 Å². The summed E-state index contributed by atoms with van der Waals surface area (Å²) in [6, 6.07) is 16.2. The number of carbonyl (C=O) groups is 1. The Labute approximate surface area is 148 Å². The molecule has 6 heteroatoms. The van der Waals surface area contributed by atoms with E-state index in [1.807, 2.05) is 47.1 Å². The standard InChI is InChI=1S/C19H13ClN4O/c20-15-7-5-13(6-8-15)18(25)22-16-4-1-3-14(11-16)17-12-24-10-2-9-21-19(24)23-17/h1-12H,(H,22,25). The summed E-state index contributed by atoms with van der Waals surface area (Å²) in [5.74, 6) is 0.443. The lowest BCUT2D eigenvalue weighted by Gasteiger charge is -2.06. The SMILES string of the molecule is O=C(Nc1cccc(-c2cn3cccnc3n2)c1)c1ccc(Cl)cc1. The molecule has 0 saturated carbocycles. The van der Waals surface area contributed by atoms with Crippen LogP contribution < -0.4 is 5.32 Å². The Balaban J connectivity index is 1.60. The average molecular weight is 349 g/mol.